The molecule has 1 aliphatic carbocycles. The fraction of sp³-hybridized carbons (Fsp3) is 0.600. The monoisotopic (exact) mass is 312 g/mol. The highest BCUT2D eigenvalue weighted by molar-refractivity contribution is 7.89. The Labute approximate surface area is 126 Å². The topological polar surface area (TPSA) is 81.4 Å². The number of benzene rings is 1. The molecule has 2 rings (SSSR count). The number of rotatable bonds is 7. The van der Waals surface area contributed by atoms with Gasteiger partial charge in [-0.2, -0.15) is 0 Å². The Morgan fingerprint density at radius 3 is 2.52 bits per heavy atom. The fourth-order valence-electron chi connectivity index (χ4n) is 2.65. The number of ether oxygens (including phenoxy) is 1. The van der Waals surface area contributed by atoms with Crippen LogP contribution in [-0.4, -0.2) is 20.6 Å². The number of nitrogens with two attached hydrogens (primary N) is 1. The normalized spacial score (nSPS) is 17.3. The van der Waals surface area contributed by atoms with Crippen LogP contribution in [0.3, 0.4) is 0 Å². The second-order valence-corrected chi connectivity index (χ2v) is 7.18. The SMILES string of the molecule is CCOc1ccc(S(=O)(=O)NC2(CC)CCC2)cc1CN. The minimum Gasteiger partial charge on any atom is -0.494 e. The van der Waals surface area contributed by atoms with Crippen LogP contribution in [0.5, 0.6) is 5.75 Å². The third kappa shape index (κ3) is 3.39. The van der Waals surface area contributed by atoms with Gasteiger partial charge in [-0.05, 0) is 50.8 Å². The van der Waals surface area contributed by atoms with E-state index in [4.69, 9.17) is 10.5 Å². The van der Waals surface area contributed by atoms with Gasteiger partial charge in [-0.25, -0.2) is 13.1 Å². The Morgan fingerprint density at radius 1 is 1.33 bits per heavy atom. The molecule has 1 saturated carbocycles. The van der Waals surface area contributed by atoms with Crippen molar-refractivity contribution in [3.05, 3.63) is 23.8 Å². The van der Waals surface area contributed by atoms with Crippen molar-refractivity contribution in [3.8, 4) is 5.75 Å². The van der Waals surface area contributed by atoms with Crippen molar-refractivity contribution in [2.45, 2.75) is 56.5 Å². The first-order chi connectivity index (χ1) is 9.96. The molecule has 1 aliphatic rings. The van der Waals surface area contributed by atoms with Crippen LogP contribution in [0, 0.1) is 0 Å². The summed E-state index contributed by atoms with van der Waals surface area (Å²) < 4.78 is 33.4. The van der Waals surface area contributed by atoms with Gasteiger partial charge in [0.15, 0.2) is 0 Å². The maximum absolute atomic E-state index is 12.5. The van der Waals surface area contributed by atoms with Crippen LogP contribution in [0.15, 0.2) is 23.1 Å². The van der Waals surface area contributed by atoms with Crippen molar-refractivity contribution in [2.24, 2.45) is 5.73 Å². The number of sulfonamides is 1. The molecule has 1 aromatic rings. The summed E-state index contributed by atoms with van der Waals surface area (Å²) in [7, 11) is -3.52. The molecule has 6 heteroatoms. The first kappa shape index (κ1) is 16.3. The lowest BCUT2D eigenvalue weighted by Gasteiger charge is -2.41. The van der Waals surface area contributed by atoms with Gasteiger partial charge in [-0.15, -0.1) is 0 Å². The van der Waals surface area contributed by atoms with E-state index in [0.717, 1.165) is 25.7 Å². The average molecular weight is 312 g/mol. The van der Waals surface area contributed by atoms with Gasteiger partial charge in [-0.3, -0.25) is 0 Å². The van der Waals surface area contributed by atoms with Gasteiger partial charge >= 0.3 is 0 Å². The molecule has 0 spiro atoms. The highest BCUT2D eigenvalue weighted by Crippen LogP contribution is 2.36. The minimum absolute atomic E-state index is 0.248. The molecule has 0 heterocycles. The number of hydrogen-bond donors (Lipinski definition) is 2. The summed E-state index contributed by atoms with van der Waals surface area (Å²) in [6.07, 6.45) is 3.70. The Balaban J connectivity index is 2.27. The van der Waals surface area contributed by atoms with E-state index < -0.39 is 10.0 Å². The van der Waals surface area contributed by atoms with Crippen molar-refractivity contribution in [2.75, 3.05) is 6.61 Å². The van der Waals surface area contributed by atoms with Crippen molar-refractivity contribution < 1.29 is 13.2 Å². The molecule has 0 aliphatic heterocycles. The van der Waals surface area contributed by atoms with Gasteiger partial charge < -0.3 is 10.5 Å². The van der Waals surface area contributed by atoms with E-state index in [-0.39, 0.29) is 17.0 Å². The largest absolute Gasteiger partial charge is 0.494 e. The second kappa shape index (κ2) is 6.34. The lowest BCUT2D eigenvalue weighted by atomic mass is 9.76. The molecule has 0 saturated heterocycles. The van der Waals surface area contributed by atoms with Gasteiger partial charge in [0.05, 0.1) is 11.5 Å². The van der Waals surface area contributed by atoms with Crippen LogP contribution in [0.1, 0.15) is 45.1 Å². The molecule has 0 radical (unpaired) electrons. The summed E-state index contributed by atoms with van der Waals surface area (Å²) in [4.78, 5) is 0.256. The minimum atomic E-state index is -3.52. The Morgan fingerprint density at radius 2 is 2.05 bits per heavy atom. The number of nitrogens with one attached hydrogen (secondary N) is 1. The first-order valence-electron chi connectivity index (χ1n) is 7.46. The molecule has 21 heavy (non-hydrogen) atoms. The fourth-order valence-corrected chi connectivity index (χ4v) is 4.24. The van der Waals surface area contributed by atoms with Crippen molar-refractivity contribution in [1.29, 1.82) is 0 Å². The van der Waals surface area contributed by atoms with Crippen LogP contribution >= 0.6 is 0 Å². The quantitative estimate of drug-likeness (QED) is 0.808. The van der Waals surface area contributed by atoms with E-state index in [1.54, 1.807) is 18.2 Å². The first-order valence-corrected chi connectivity index (χ1v) is 8.94. The maximum atomic E-state index is 12.5. The van der Waals surface area contributed by atoms with Crippen molar-refractivity contribution in [3.63, 3.8) is 0 Å². The zero-order valence-electron chi connectivity index (χ0n) is 12.7. The summed E-state index contributed by atoms with van der Waals surface area (Å²) in [6.45, 7) is 4.67. The van der Waals surface area contributed by atoms with Gasteiger partial charge in [0.25, 0.3) is 0 Å². The predicted octanol–water partition coefficient (Wildman–Crippen LogP) is 2.16. The third-order valence-electron chi connectivity index (χ3n) is 4.20. The van der Waals surface area contributed by atoms with Crippen LogP contribution in [0.25, 0.3) is 0 Å². The molecule has 118 valence electrons. The average Bonchev–Trinajstić information content (AvgIpc) is 2.43. The summed E-state index contributed by atoms with van der Waals surface area (Å²) in [6, 6.07) is 4.86. The molecular formula is C15H24N2O3S. The van der Waals surface area contributed by atoms with Crippen LogP contribution in [0.2, 0.25) is 0 Å². The van der Waals surface area contributed by atoms with E-state index in [2.05, 4.69) is 4.72 Å². The van der Waals surface area contributed by atoms with Gasteiger partial charge in [0.2, 0.25) is 10.0 Å². The van der Waals surface area contributed by atoms with E-state index in [1.807, 2.05) is 13.8 Å². The lowest BCUT2D eigenvalue weighted by molar-refractivity contribution is 0.214. The van der Waals surface area contributed by atoms with Crippen molar-refractivity contribution in [1.82, 2.24) is 4.72 Å². The Bertz CT molecular complexity index is 589. The molecule has 1 aromatic carbocycles. The van der Waals surface area contributed by atoms with Crippen LogP contribution < -0.4 is 15.2 Å². The van der Waals surface area contributed by atoms with E-state index in [9.17, 15) is 8.42 Å². The standard InChI is InChI=1S/C15H24N2O3S/c1-3-15(8-5-9-15)17-21(18,19)13-6-7-14(20-4-2)12(10-13)11-16/h6-7,10,17H,3-5,8-9,11,16H2,1-2H3. The summed E-state index contributed by atoms with van der Waals surface area (Å²) in [5.41, 5.74) is 6.13. The third-order valence-corrected chi connectivity index (χ3v) is 5.78. The molecule has 1 fully saturated rings. The van der Waals surface area contributed by atoms with Crippen LogP contribution in [0.4, 0.5) is 0 Å². The van der Waals surface area contributed by atoms with Gasteiger partial charge in [-0.1, -0.05) is 6.92 Å². The lowest BCUT2D eigenvalue weighted by Crippen LogP contribution is -2.52. The molecule has 0 atom stereocenters. The maximum Gasteiger partial charge on any atom is 0.241 e. The smallest absolute Gasteiger partial charge is 0.241 e. The van der Waals surface area contributed by atoms with Gasteiger partial charge in [0, 0.05) is 17.6 Å². The van der Waals surface area contributed by atoms with Crippen molar-refractivity contribution >= 4 is 10.0 Å². The second-order valence-electron chi connectivity index (χ2n) is 5.50. The Hall–Kier alpha value is -1.11. The zero-order valence-corrected chi connectivity index (χ0v) is 13.5. The van der Waals surface area contributed by atoms with E-state index >= 15 is 0 Å². The highest BCUT2D eigenvalue weighted by atomic mass is 32.2. The Kier molecular flexibility index (Phi) is 4.91. The molecule has 5 nitrogen and oxygen atoms in total. The number of hydrogen-bond acceptors (Lipinski definition) is 4. The molecule has 3 N–H and O–H groups in total. The van der Waals surface area contributed by atoms with Gasteiger partial charge in [0.1, 0.15) is 5.75 Å². The molecule has 0 amide bonds. The molecule has 0 unspecified atom stereocenters. The molecule has 0 bridgehead atoms. The van der Waals surface area contributed by atoms with E-state index in [1.165, 1.54) is 0 Å². The van der Waals surface area contributed by atoms with E-state index in [0.29, 0.717) is 17.9 Å². The molecule has 0 aromatic heterocycles. The zero-order chi connectivity index (χ0) is 15.5. The summed E-state index contributed by atoms with van der Waals surface area (Å²) in [5.74, 6) is 0.646. The van der Waals surface area contributed by atoms with Crippen LogP contribution in [-0.2, 0) is 16.6 Å². The predicted molar refractivity (Wildman–Crippen MR) is 82.7 cm³/mol. The summed E-state index contributed by atoms with van der Waals surface area (Å²) in [5, 5.41) is 0. The highest BCUT2D eigenvalue weighted by Gasteiger charge is 2.39. The summed E-state index contributed by atoms with van der Waals surface area (Å²) >= 11 is 0. The molecular weight excluding hydrogens is 288 g/mol.